The van der Waals surface area contributed by atoms with Gasteiger partial charge in [0.25, 0.3) is 0 Å². The van der Waals surface area contributed by atoms with E-state index in [1.54, 1.807) is 18.0 Å². The molecule has 2 heterocycles. The first-order valence-electron chi connectivity index (χ1n) is 4.34. The van der Waals surface area contributed by atoms with Crippen molar-refractivity contribution >= 4 is 17.3 Å². The van der Waals surface area contributed by atoms with Crippen molar-refractivity contribution in [1.82, 2.24) is 5.43 Å². The van der Waals surface area contributed by atoms with E-state index in [1.165, 1.54) is 4.90 Å². The predicted molar refractivity (Wildman–Crippen MR) is 55.8 cm³/mol. The van der Waals surface area contributed by atoms with Crippen molar-refractivity contribution in [2.45, 2.75) is 4.90 Å². The molecular weight excluding hydrogens is 196 g/mol. The highest BCUT2D eigenvalue weighted by molar-refractivity contribution is 8.02. The Balaban J connectivity index is 2.17. The Morgan fingerprint density at radius 1 is 1.29 bits per heavy atom. The van der Waals surface area contributed by atoms with Gasteiger partial charge in [-0.1, -0.05) is 30.0 Å². The summed E-state index contributed by atoms with van der Waals surface area (Å²) in [5.41, 5.74) is 5.67. The van der Waals surface area contributed by atoms with Crippen molar-refractivity contribution < 1.29 is 5.17 Å². The van der Waals surface area contributed by atoms with Crippen LogP contribution in [0.4, 0.5) is 0 Å². The van der Waals surface area contributed by atoms with Crippen LogP contribution in [-0.2, 0) is 0 Å². The van der Waals surface area contributed by atoms with Crippen LogP contribution in [0, 0.1) is 5.21 Å². The molecule has 1 atom stereocenters. The maximum absolute atomic E-state index is 11.4. The number of fused-ring (bicyclic) bond motifs is 3. The van der Waals surface area contributed by atoms with Crippen LogP contribution in [-0.4, -0.2) is 0 Å². The van der Waals surface area contributed by atoms with Crippen molar-refractivity contribution in [3.63, 3.8) is 0 Å². The fourth-order valence-electron chi connectivity index (χ4n) is 1.67. The molecule has 3 rings (SSSR count). The number of benzene rings is 1. The van der Waals surface area contributed by atoms with E-state index >= 15 is 0 Å². The van der Waals surface area contributed by atoms with Gasteiger partial charge in [0.05, 0.1) is 11.8 Å². The average molecular weight is 204 g/mol. The third-order valence-electron chi connectivity index (χ3n) is 2.36. The van der Waals surface area contributed by atoms with Crippen molar-refractivity contribution in [1.29, 1.82) is 0 Å². The molecule has 0 aliphatic carbocycles. The van der Waals surface area contributed by atoms with Gasteiger partial charge in [0, 0.05) is 15.9 Å². The van der Waals surface area contributed by atoms with Crippen molar-refractivity contribution in [3.8, 4) is 0 Å². The van der Waals surface area contributed by atoms with E-state index in [9.17, 15) is 5.21 Å². The molecule has 2 N–H and O–H groups in total. The Kier molecular flexibility index (Phi) is 1.67. The number of quaternary nitrogens is 1. The summed E-state index contributed by atoms with van der Waals surface area (Å²) in [6, 6.07) is 8.11. The molecule has 0 amide bonds. The van der Waals surface area contributed by atoms with E-state index < -0.39 is 0 Å². The van der Waals surface area contributed by atoms with Gasteiger partial charge in [0.2, 0.25) is 0 Å². The van der Waals surface area contributed by atoms with Crippen LogP contribution in [0.25, 0.3) is 5.57 Å². The first kappa shape index (κ1) is 8.11. The van der Waals surface area contributed by atoms with Crippen molar-refractivity contribution in [3.05, 3.63) is 52.3 Å². The van der Waals surface area contributed by atoms with Gasteiger partial charge in [-0.2, -0.15) is 0 Å². The van der Waals surface area contributed by atoms with Crippen LogP contribution in [0.2, 0.25) is 0 Å². The lowest BCUT2D eigenvalue weighted by molar-refractivity contribution is -0.840. The van der Waals surface area contributed by atoms with E-state index in [-0.39, 0.29) is 5.17 Å². The zero-order chi connectivity index (χ0) is 9.54. The molecule has 2 aliphatic heterocycles. The number of hydrogen-bond donors (Lipinski definition) is 2. The highest BCUT2D eigenvalue weighted by Crippen LogP contribution is 2.37. The van der Waals surface area contributed by atoms with Gasteiger partial charge >= 0.3 is 0 Å². The average Bonchev–Trinajstić information content (AvgIpc) is 2.61. The minimum Gasteiger partial charge on any atom is -0.603 e. The maximum atomic E-state index is 11.4. The highest BCUT2D eigenvalue weighted by atomic mass is 32.2. The predicted octanol–water partition coefficient (Wildman–Crippen LogP) is 0.876. The summed E-state index contributed by atoms with van der Waals surface area (Å²) < 4.78 is 0. The molecule has 0 fully saturated rings. The number of hydroxylamine groups is 1. The summed E-state index contributed by atoms with van der Waals surface area (Å²) in [6.07, 6.45) is 1.78. The second-order valence-corrected chi connectivity index (χ2v) is 4.09. The lowest BCUT2D eigenvalue weighted by Crippen LogP contribution is -3.09. The van der Waals surface area contributed by atoms with E-state index in [2.05, 4.69) is 11.5 Å². The third kappa shape index (κ3) is 1.02. The van der Waals surface area contributed by atoms with Crippen LogP contribution in [0.15, 0.2) is 46.5 Å². The molecular formula is C10H8N2OS. The highest BCUT2D eigenvalue weighted by Gasteiger charge is 2.26. The molecule has 0 radical (unpaired) electrons. The zero-order valence-corrected chi connectivity index (χ0v) is 8.10. The fourth-order valence-corrected chi connectivity index (χ4v) is 2.61. The van der Waals surface area contributed by atoms with Gasteiger partial charge < -0.3 is 5.21 Å². The molecule has 70 valence electrons. The topological polar surface area (TPSA) is 39.5 Å². The first-order chi connectivity index (χ1) is 6.86. The van der Waals surface area contributed by atoms with E-state index in [4.69, 9.17) is 0 Å². The lowest BCUT2D eigenvalue weighted by Gasteiger charge is -2.20. The maximum Gasteiger partial charge on any atom is 0.172 e. The summed E-state index contributed by atoms with van der Waals surface area (Å²) in [4.78, 5) is 1.21. The van der Waals surface area contributed by atoms with E-state index in [1.807, 2.05) is 23.6 Å². The van der Waals surface area contributed by atoms with Crippen molar-refractivity contribution in [2.24, 2.45) is 0 Å². The number of thioether (sulfide) groups is 1. The van der Waals surface area contributed by atoms with Crippen LogP contribution in [0.1, 0.15) is 5.56 Å². The minimum absolute atomic E-state index is 0.00185. The summed E-state index contributed by atoms with van der Waals surface area (Å²) >= 11 is 1.61. The fraction of sp³-hybridized carbons (Fsp3) is 0. The molecule has 14 heavy (non-hydrogen) atoms. The lowest BCUT2D eigenvalue weighted by atomic mass is 10.1. The Morgan fingerprint density at radius 2 is 2.14 bits per heavy atom. The molecule has 0 saturated carbocycles. The molecule has 0 aromatic heterocycles. The Labute approximate surface area is 85.7 Å². The van der Waals surface area contributed by atoms with Gasteiger partial charge in [0.15, 0.2) is 5.70 Å². The van der Waals surface area contributed by atoms with Crippen LogP contribution in [0.5, 0.6) is 0 Å². The standard InChI is InChI=1S/C10H8N2OS/c13-12-9-6-14-10-4-2-1-3-7(10)8(9)5-11-12/h1-6,11-12H. The second-order valence-electron chi connectivity index (χ2n) is 3.18. The molecule has 2 aliphatic rings. The van der Waals surface area contributed by atoms with Gasteiger partial charge in [-0.05, 0) is 6.07 Å². The summed E-state index contributed by atoms with van der Waals surface area (Å²) in [6.45, 7) is 0. The molecule has 0 saturated heterocycles. The van der Waals surface area contributed by atoms with E-state index in [0.717, 1.165) is 16.8 Å². The normalized spacial score (nSPS) is 23.1. The first-order valence-corrected chi connectivity index (χ1v) is 5.22. The molecule has 4 heteroatoms. The molecule has 1 aromatic carbocycles. The number of hydrogen-bond acceptors (Lipinski definition) is 3. The Hall–Kier alpha value is -1.23. The van der Waals surface area contributed by atoms with Crippen LogP contribution in [0.3, 0.4) is 0 Å². The Bertz CT molecular complexity index is 453. The van der Waals surface area contributed by atoms with Gasteiger partial charge in [-0.25, -0.2) is 10.6 Å². The van der Waals surface area contributed by atoms with Gasteiger partial charge in [-0.15, -0.1) is 0 Å². The van der Waals surface area contributed by atoms with Crippen LogP contribution >= 0.6 is 11.8 Å². The quantitative estimate of drug-likeness (QED) is 0.616. The zero-order valence-electron chi connectivity index (χ0n) is 7.28. The largest absolute Gasteiger partial charge is 0.603 e. The van der Waals surface area contributed by atoms with Crippen molar-refractivity contribution in [2.75, 3.05) is 0 Å². The molecule has 1 unspecified atom stereocenters. The molecule has 0 spiro atoms. The third-order valence-corrected chi connectivity index (χ3v) is 3.33. The number of allylic oxidation sites excluding steroid dienone is 1. The monoisotopic (exact) mass is 204 g/mol. The number of nitrogens with one attached hydrogen (secondary N) is 2. The molecule has 0 bridgehead atoms. The summed E-state index contributed by atoms with van der Waals surface area (Å²) in [7, 11) is 0. The minimum atomic E-state index is 0.00185. The summed E-state index contributed by atoms with van der Waals surface area (Å²) in [5.74, 6) is 0. The molecule has 3 nitrogen and oxygen atoms in total. The van der Waals surface area contributed by atoms with Crippen LogP contribution < -0.4 is 10.6 Å². The van der Waals surface area contributed by atoms with Gasteiger partial charge in [-0.3, -0.25) is 0 Å². The molecule has 1 aromatic rings. The SMILES string of the molecule is [O-][NH+]1NC=C2C1=CSc1ccccc12. The number of rotatable bonds is 0. The Morgan fingerprint density at radius 3 is 3.07 bits per heavy atom. The summed E-state index contributed by atoms with van der Waals surface area (Å²) in [5, 5.41) is 13.3. The second kappa shape index (κ2) is 2.88. The smallest absolute Gasteiger partial charge is 0.172 e. The van der Waals surface area contributed by atoms with E-state index in [0.29, 0.717) is 0 Å². The van der Waals surface area contributed by atoms with Gasteiger partial charge in [0.1, 0.15) is 0 Å².